The number of amides is 1. The number of carbonyl (C=O) groups excluding carboxylic acids is 2. The van der Waals surface area contributed by atoms with Crippen LogP contribution in [-0.4, -0.2) is 41.0 Å². The predicted octanol–water partition coefficient (Wildman–Crippen LogP) is 3.71. The molecule has 0 bridgehead atoms. The minimum atomic E-state index is -0.460. The van der Waals surface area contributed by atoms with Gasteiger partial charge in [-0.15, -0.1) is 12.4 Å². The van der Waals surface area contributed by atoms with E-state index in [0.29, 0.717) is 18.7 Å². The van der Waals surface area contributed by atoms with Crippen LogP contribution in [0.1, 0.15) is 41.5 Å². The topological polar surface area (TPSA) is 77.6 Å². The summed E-state index contributed by atoms with van der Waals surface area (Å²) in [7, 11) is 1.90. The molecule has 3 aromatic rings. The average Bonchev–Trinajstić information content (AvgIpc) is 3.26. The molecule has 2 heterocycles. The van der Waals surface area contributed by atoms with E-state index in [-0.39, 0.29) is 36.4 Å². The number of halogens is 1. The largest absolute Gasteiger partial charge is 0.461 e. The first-order chi connectivity index (χ1) is 14.0. The van der Waals surface area contributed by atoms with Crippen molar-refractivity contribution in [1.82, 2.24) is 9.47 Å². The Morgan fingerprint density at radius 1 is 1.10 bits per heavy atom. The summed E-state index contributed by atoms with van der Waals surface area (Å²) >= 11 is 0. The third-order valence-electron chi connectivity index (χ3n) is 5.80. The van der Waals surface area contributed by atoms with Crippen molar-refractivity contribution in [2.75, 3.05) is 13.7 Å². The van der Waals surface area contributed by atoms with E-state index in [9.17, 15) is 9.59 Å². The lowest BCUT2D eigenvalue weighted by molar-refractivity contribution is -0.122. The lowest BCUT2D eigenvalue weighted by atomic mass is 9.91. The highest BCUT2D eigenvalue weighted by Gasteiger charge is 2.44. The Morgan fingerprint density at radius 3 is 2.43 bits per heavy atom. The number of hydrogen-bond donors (Lipinski definition) is 1. The number of primary amides is 1. The van der Waals surface area contributed by atoms with E-state index < -0.39 is 6.04 Å². The monoisotopic (exact) mass is 427 g/mol. The second-order valence-corrected chi connectivity index (χ2v) is 7.43. The molecule has 1 fully saturated rings. The van der Waals surface area contributed by atoms with Crippen LogP contribution in [0.4, 0.5) is 0 Å². The normalized spacial score (nSPS) is 21.3. The van der Waals surface area contributed by atoms with E-state index in [1.807, 2.05) is 77.2 Å². The fourth-order valence-corrected chi connectivity index (χ4v) is 4.56. The zero-order valence-electron chi connectivity index (χ0n) is 17.0. The van der Waals surface area contributed by atoms with Gasteiger partial charge in [0.25, 0.3) is 0 Å². The van der Waals surface area contributed by atoms with Gasteiger partial charge in [-0.2, -0.15) is 0 Å². The summed E-state index contributed by atoms with van der Waals surface area (Å²) in [4.78, 5) is 27.1. The molecule has 1 aromatic heterocycles. The number of carbonyl (C=O) groups is 2. The minimum absolute atomic E-state index is 0. The Morgan fingerprint density at radius 2 is 1.77 bits per heavy atom. The lowest BCUT2D eigenvalue weighted by Crippen LogP contribution is -2.42. The van der Waals surface area contributed by atoms with Crippen molar-refractivity contribution in [3.05, 3.63) is 71.9 Å². The van der Waals surface area contributed by atoms with E-state index >= 15 is 0 Å². The van der Waals surface area contributed by atoms with Gasteiger partial charge in [0, 0.05) is 11.3 Å². The molecule has 1 aliphatic rings. The number of para-hydroxylation sites is 1. The van der Waals surface area contributed by atoms with E-state index in [0.717, 1.165) is 16.5 Å². The molecule has 1 aliphatic heterocycles. The third-order valence-corrected chi connectivity index (χ3v) is 5.80. The molecule has 1 amide bonds. The summed E-state index contributed by atoms with van der Waals surface area (Å²) < 4.78 is 7.30. The highest BCUT2D eigenvalue weighted by molar-refractivity contribution is 5.96. The maximum atomic E-state index is 12.7. The molecule has 2 aromatic carbocycles. The fraction of sp³-hybridized carbons (Fsp3) is 0.304. The number of ether oxygens (including phenoxy) is 1. The maximum absolute atomic E-state index is 12.7. The lowest BCUT2D eigenvalue weighted by Gasteiger charge is -2.27. The van der Waals surface area contributed by atoms with Gasteiger partial charge in [-0.25, -0.2) is 4.79 Å². The molecule has 7 heteroatoms. The molecule has 0 spiro atoms. The first-order valence-corrected chi connectivity index (χ1v) is 9.86. The van der Waals surface area contributed by atoms with Crippen LogP contribution >= 0.6 is 12.4 Å². The van der Waals surface area contributed by atoms with Crippen LogP contribution in [0, 0.1) is 0 Å². The van der Waals surface area contributed by atoms with Gasteiger partial charge in [0.05, 0.1) is 24.3 Å². The number of nitrogens with two attached hydrogens (primary N) is 1. The van der Waals surface area contributed by atoms with Gasteiger partial charge in [0.2, 0.25) is 5.91 Å². The zero-order valence-corrected chi connectivity index (χ0v) is 17.8. The number of benzene rings is 2. The predicted molar refractivity (Wildman–Crippen MR) is 119 cm³/mol. The summed E-state index contributed by atoms with van der Waals surface area (Å²) in [5.74, 6) is -0.784. The Kier molecular flexibility index (Phi) is 6.48. The Labute approximate surface area is 182 Å². The minimum Gasteiger partial charge on any atom is -0.461 e. The number of likely N-dealkylation sites (N-methyl/N-ethyl adjacent to an activating group) is 1. The van der Waals surface area contributed by atoms with Gasteiger partial charge >= 0.3 is 5.97 Å². The van der Waals surface area contributed by atoms with Crippen LogP contribution in [0.2, 0.25) is 0 Å². The van der Waals surface area contributed by atoms with Gasteiger partial charge < -0.3 is 15.0 Å². The molecule has 1 saturated heterocycles. The van der Waals surface area contributed by atoms with Crippen LogP contribution in [-0.2, 0) is 9.53 Å². The molecule has 4 rings (SSSR count). The summed E-state index contributed by atoms with van der Waals surface area (Å²) in [6, 6.07) is 19.2. The van der Waals surface area contributed by atoms with Gasteiger partial charge in [-0.3, -0.25) is 9.69 Å². The van der Waals surface area contributed by atoms with Crippen LogP contribution < -0.4 is 5.73 Å². The summed E-state index contributed by atoms with van der Waals surface area (Å²) in [6.07, 6.45) is 0.469. The number of fused-ring (bicyclic) bond motifs is 1. The first kappa shape index (κ1) is 21.9. The van der Waals surface area contributed by atoms with Gasteiger partial charge in [-0.05, 0) is 38.1 Å². The van der Waals surface area contributed by atoms with E-state index in [2.05, 4.69) is 0 Å². The first-order valence-electron chi connectivity index (χ1n) is 9.86. The number of rotatable bonds is 5. The molecular formula is C23H26ClN3O3. The van der Waals surface area contributed by atoms with Crippen molar-refractivity contribution in [3.63, 3.8) is 0 Å². The van der Waals surface area contributed by atoms with Crippen molar-refractivity contribution < 1.29 is 14.3 Å². The molecule has 6 nitrogen and oxygen atoms in total. The van der Waals surface area contributed by atoms with Crippen molar-refractivity contribution in [3.8, 4) is 0 Å². The van der Waals surface area contributed by atoms with Crippen LogP contribution in [0.5, 0.6) is 0 Å². The van der Waals surface area contributed by atoms with Gasteiger partial charge in [0.1, 0.15) is 5.69 Å². The summed E-state index contributed by atoms with van der Waals surface area (Å²) in [5.41, 5.74) is 8.30. The highest BCUT2D eigenvalue weighted by Crippen LogP contribution is 2.43. The molecule has 30 heavy (non-hydrogen) atoms. The molecule has 2 N–H and O–H groups in total. The third kappa shape index (κ3) is 3.68. The standard InChI is InChI=1S/C23H25N3O3.ClH/c1-3-29-23(28)19-13-16-11-7-8-12-18(16)26(19)20-14-17(15-9-5-4-6-10-15)21(22(24)27)25(20)2;/h4-13,17,20-21H,3,14H2,1-2H3,(H2,24,27);1H/t17-,20?,21+;/m1./s1. The number of likely N-dealkylation sites (tertiary alicyclic amines) is 1. The van der Waals surface area contributed by atoms with E-state index in [4.69, 9.17) is 10.5 Å². The van der Waals surface area contributed by atoms with Crippen LogP contribution in [0.15, 0.2) is 60.7 Å². The number of hydrogen-bond acceptors (Lipinski definition) is 4. The second-order valence-electron chi connectivity index (χ2n) is 7.43. The maximum Gasteiger partial charge on any atom is 0.355 e. The van der Waals surface area contributed by atoms with Crippen molar-refractivity contribution in [1.29, 1.82) is 0 Å². The summed E-state index contributed by atoms with van der Waals surface area (Å²) in [5, 5.41) is 0.961. The SMILES string of the molecule is CCOC(=O)c1cc2ccccc2n1C1C[C@H](c2ccccc2)[C@@H](C(N)=O)N1C.Cl. The van der Waals surface area contributed by atoms with E-state index in [1.165, 1.54) is 0 Å². The molecule has 0 radical (unpaired) electrons. The Hall–Kier alpha value is -2.83. The fourth-order valence-electron chi connectivity index (χ4n) is 4.56. The average molecular weight is 428 g/mol. The molecule has 0 saturated carbocycles. The van der Waals surface area contributed by atoms with Crippen molar-refractivity contribution >= 4 is 35.2 Å². The molecule has 3 atom stereocenters. The molecule has 1 unspecified atom stereocenters. The molecular weight excluding hydrogens is 402 g/mol. The number of esters is 1. The Balaban J connectivity index is 0.00000256. The smallest absolute Gasteiger partial charge is 0.355 e. The highest BCUT2D eigenvalue weighted by atomic mass is 35.5. The second kappa shape index (κ2) is 8.90. The van der Waals surface area contributed by atoms with Crippen molar-refractivity contribution in [2.24, 2.45) is 5.73 Å². The van der Waals surface area contributed by atoms with Gasteiger partial charge in [0.15, 0.2) is 0 Å². The molecule has 0 aliphatic carbocycles. The van der Waals surface area contributed by atoms with Crippen LogP contribution in [0.3, 0.4) is 0 Å². The molecule has 158 valence electrons. The quantitative estimate of drug-likeness (QED) is 0.629. The number of aromatic nitrogens is 1. The van der Waals surface area contributed by atoms with E-state index in [1.54, 1.807) is 6.92 Å². The summed E-state index contributed by atoms with van der Waals surface area (Å²) in [6.45, 7) is 2.10. The zero-order chi connectivity index (χ0) is 20.5. The Bertz CT molecular complexity index is 1050. The van der Waals surface area contributed by atoms with Crippen LogP contribution in [0.25, 0.3) is 10.9 Å². The van der Waals surface area contributed by atoms with Crippen molar-refractivity contribution in [2.45, 2.75) is 31.5 Å². The van der Waals surface area contributed by atoms with Gasteiger partial charge in [-0.1, -0.05) is 48.5 Å². The number of nitrogens with zero attached hydrogens (tertiary/aromatic N) is 2.